The number of nitrogens with one attached hydrogen (secondary N) is 1. The molecule has 21 heavy (non-hydrogen) atoms. The van der Waals surface area contributed by atoms with Gasteiger partial charge in [0.15, 0.2) is 5.17 Å². The Bertz CT molecular complexity index is 735. The number of amides is 1. The van der Waals surface area contributed by atoms with E-state index in [1.165, 1.54) is 11.8 Å². The number of amidine groups is 1. The van der Waals surface area contributed by atoms with Crippen molar-refractivity contribution in [2.75, 3.05) is 0 Å². The fourth-order valence-corrected chi connectivity index (χ4v) is 2.81. The largest absolute Gasteiger partial charge is 0.300 e. The summed E-state index contributed by atoms with van der Waals surface area (Å²) in [6.45, 7) is 2.00. The second kappa shape index (κ2) is 5.97. The third kappa shape index (κ3) is 3.23. The van der Waals surface area contributed by atoms with Gasteiger partial charge < -0.3 is 5.32 Å². The average molecular weight is 294 g/mol. The van der Waals surface area contributed by atoms with Gasteiger partial charge in [0.1, 0.15) is 0 Å². The van der Waals surface area contributed by atoms with E-state index in [9.17, 15) is 4.79 Å². The minimum Gasteiger partial charge on any atom is -0.300 e. The molecule has 1 heterocycles. The highest BCUT2D eigenvalue weighted by molar-refractivity contribution is 8.18. The smallest absolute Gasteiger partial charge is 0.264 e. The summed E-state index contributed by atoms with van der Waals surface area (Å²) in [6, 6.07) is 17.6. The first-order chi connectivity index (χ1) is 10.2. The van der Waals surface area contributed by atoms with Gasteiger partial charge in [0.25, 0.3) is 5.91 Å². The van der Waals surface area contributed by atoms with Crippen LogP contribution < -0.4 is 5.32 Å². The number of nitrogens with zero attached hydrogens (tertiary/aromatic N) is 1. The highest BCUT2D eigenvalue weighted by atomic mass is 32.2. The number of hydrogen-bond donors (Lipinski definition) is 1. The first kappa shape index (κ1) is 13.6. The molecule has 0 atom stereocenters. The summed E-state index contributed by atoms with van der Waals surface area (Å²) >= 11 is 1.37. The molecule has 1 aliphatic rings. The summed E-state index contributed by atoms with van der Waals surface area (Å²) in [5, 5.41) is 3.43. The number of benzene rings is 2. The lowest BCUT2D eigenvalue weighted by molar-refractivity contribution is -0.115. The summed E-state index contributed by atoms with van der Waals surface area (Å²) in [5.74, 6) is -0.101. The van der Waals surface area contributed by atoms with Crippen molar-refractivity contribution in [3.8, 4) is 0 Å². The molecule has 1 amide bonds. The zero-order chi connectivity index (χ0) is 14.7. The summed E-state index contributed by atoms with van der Waals surface area (Å²) in [5.41, 5.74) is 2.97. The van der Waals surface area contributed by atoms with Gasteiger partial charge in [-0.05, 0) is 42.0 Å². The minimum absolute atomic E-state index is 0.101. The van der Waals surface area contributed by atoms with Crippen LogP contribution in [0.4, 0.5) is 5.69 Å². The summed E-state index contributed by atoms with van der Waals surface area (Å²) in [7, 11) is 0. The standard InChI is InChI=1S/C17H14N2OS/c1-12-7-5-6-10-14(12)18-17-19-16(20)15(21-17)11-13-8-3-2-4-9-13/h2-11H,1H3,(H,18,19,20)/b15-11-. The molecule has 0 aliphatic carbocycles. The second-order valence-electron chi connectivity index (χ2n) is 4.68. The normalized spacial score (nSPS) is 18.2. The number of carbonyl (C=O) groups excluding carboxylic acids is 1. The molecular weight excluding hydrogens is 280 g/mol. The number of aryl methyl sites for hydroxylation is 1. The van der Waals surface area contributed by atoms with Crippen molar-refractivity contribution in [2.24, 2.45) is 4.99 Å². The molecule has 0 aromatic heterocycles. The van der Waals surface area contributed by atoms with Crippen molar-refractivity contribution < 1.29 is 4.79 Å². The van der Waals surface area contributed by atoms with Crippen molar-refractivity contribution in [2.45, 2.75) is 6.92 Å². The zero-order valence-corrected chi connectivity index (χ0v) is 12.4. The van der Waals surface area contributed by atoms with Gasteiger partial charge in [-0.3, -0.25) is 4.79 Å². The van der Waals surface area contributed by atoms with E-state index in [1.54, 1.807) is 0 Å². The zero-order valence-electron chi connectivity index (χ0n) is 11.5. The topological polar surface area (TPSA) is 41.5 Å². The van der Waals surface area contributed by atoms with Crippen molar-refractivity contribution in [1.82, 2.24) is 5.32 Å². The van der Waals surface area contributed by atoms with Crippen LogP contribution in [-0.4, -0.2) is 11.1 Å². The maximum atomic E-state index is 12.0. The number of para-hydroxylation sites is 1. The molecule has 2 aromatic rings. The van der Waals surface area contributed by atoms with Crippen LogP contribution in [0, 0.1) is 6.92 Å². The Labute approximate surface area is 127 Å². The van der Waals surface area contributed by atoms with Gasteiger partial charge >= 0.3 is 0 Å². The van der Waals surface area contributed by atoms with E-state index in [-0.39, 0.29) is 5.91 Å². The van der Waals surface area contributed by atoms with Crippen LogP contribution in [0.25, 0.3) is 6.08 Å². The molecule has 1 N–H and O–H groups in total. The van der Waals surface area contributed by atoms with E-state index in [1.807, 2.05) is 67.6 Å². The van der Waals surface area contributed by atoms with Crippen molar-refractivity contribution in [1.29, 1.82) is 0 Å². The van der Waals surface area contributed by atoms with Gasteiger partial charge in [-0.2, -0.15) is 0 Å². The van der Waals surface area contributed by atoms with Gasteiger partial charge in [-0.25, -0.2) is 4.99 Å². The van der Waals surface area contributed by atoms with Gasteiger partial charge in [-0.1, -0.05) is 48.5 Å². The maximum absolute atomic E-state index is 12.0. The van der Waals surface area contributed by atoms with E-state index in [2.05, 4.69) is 10.3 Å². The maximum Gasteiger partial charge on any atom is 0.264 e. The van der Waals surface area contributed by atoms with E-state index in [4.69, 9.17) is 0 Å². The van der Waals surface area contributed by atoms with Gasteiger partial charge in [0.05, 0.1) is 10.6 Å². The molecule has 0 spiro atoms. The molecule has 4 heteroatoms. The highest BCUT2D eigenvalue weighted by Gasteiger charge is 2.23. The van der Waals surface area contributed by atoms with Crippen LogP contribution in [0.5, 0.6) is 0 Å². The van der Waals surface area contributed by atoms with E-state index >= 15 is 0 Å². The van der Waals surface area contributed by atoms with E-state index < -0.39 is 0 Å². The van der Waals surface area contributed by atoms with Crippen molar-refractivity contribution in [3.05, 3.63) is 70.6 Å². The molecular formula is C17H14N2OS. The Morgan fingerprint density at radius 1 is 1.05 bits per heavy atom. The fraction of sp³-hybridized carbons (Fsp3) is 0.0588. The van der Waals surface area contributed by atoms with Gasteiger partial charge in [0.2, 0.25) is 0 Å². The third-order valence-corrected chi connectivity index (χ3v) is 4.00. The molecule has 3 nitrogen and oxygen atoms in total. The third-order valence-electron chi connectivity index (χ3n) is 3.09. The van der Waals surface area contributed by atoms with Crippen LogP contribution in [0.3, 0.4) is 0 Å². The van der Waals surface area contributed by atoms with Crippen LogP contribution in [0.2, 0.25) is 0 Å². The quantitative estimate of drug-likeness (QED) is 0.854. The lowest BCUT2D eigenvalue weighted by atomic mass is 10.2. The van der Waals surface area contributed by atoms with E-state index in [0.717, 1.165) is 16.8 Å². The highest BCUT2D eigenvalue weighted by Crippen LogP contribution is 2.28. The Kier molecular flexibility index (Phi) is 3.88. The van der Waals surface area contributed by atoms with Crippen LogP contribution in [0.15, 0.2) is 64.5 Å². The van der Waals surface area contributed by atoms with Crippen LogP contribution in [-0.2, 0) is 4.79 Å². The molecule has 104 valence electrons. The number of rotatable bonds is 2. The number of thioether (sulfide) groups is 1. The fourth-order valence-electron chi connectivity index (χ4n) is 1.98. The van der Waals surface area contributed by atoms with Crippen LogP contribution >= 0.6 is 11.8 Å². The molecule has 0 unspecified atom stereocenters. The Morgan fingerprint density at radius 3 is 2.52 bits per heavy atom. The molecule has 1 saturated heterocycles. The molecule has 0 saturated carbocycles. The molecule has 0 radical (unpaired) electrons. The van der Waals surface area contributed by atoms with Crippen molar-refractivity contribution in [3.63, 3.8) is 0 Å². The summed E-state index contributed by atoms with van der Waals surface area (Å²) in [6.07, 6.45) is 1.88. The monoisotopic (exact) mass is 294 g/mol. The predicted molar refractivity (Wildman–Crippen MR) is 88.4 cm³/mol. The van der Waals surface area contributed by atoms with Crippen molar-refractivity contribution >= 4 is 34.6 Å². The number of hydrogen-bond acceptors (Lipinski definition) is 3. The first-order valence-corrected chi connectivity index (χ1v) is 7.44. The number of aliphatic imine (C=N–C) groups is 1. The Balaban J connectivity index is 1.85. The van der Waals surface area contributed by atoms with Gasteiger partial charge in [0, 0.05) is 0 Å². The number of carbonyl (C=O) groups is 1. The SMILES string of the molecule is Cc1ccccc1N=C1NC(=O)/C(=C/c2ccccc2)S1. The lowest BCUT2D eigenvalue weighted by Crippen LogP contribution is -2.19. The Morgan fingerprint density at radius 2 is 1.76 bits per heavy atom. The minimum atomic E-state index is -0.101. The average Bonchev–Trinajstić information content (AvgIpc) is 2.82. The van der Waals surface area contributed by atoms with Crippen LogP contribution in [0.1, 0.15) is 11.1 Å². The van der Waals surface area contributed by atoms with E-state index in [0.29, 0.717) is 10.1 Å². The predicted octanol–water partition coefficient (Wildman–Crippen LogP) is 3.89. The molecule has 2 aromatic carbocycles. The molecule has 1 fully saturated rings. The molecule has 0 bridgehead atoms. The Hall–Kier alpha value is -2.33. The lowest BCUT2D eigenvalue weighted by Gasteiger charge is -1.99. The molecule has 3 rings (SSSR count). The summed E-state index contributed by atoms with van der Waals surface area (Å²) < 4.78 is 0. The second-order valence-corrected chi connectivity index (χ2v) is 5.71. The van der Waals surface area contributed by atoms with Gasteiger partial charge in [-0.15, -0.1) is 0 Å². The molecule has 1 aliphatic heterocycles. The first-order valence-electron chi connectivity index (χ1n) is 6.62. The summed E-state index contributed by atoms with van der Waals surface area (Å²) in [4.78, 5) is 17.2.